The molecular weight excluding hydrogens is 308 g/mol. The summed E-state index contributed by atoms with van der Waals surface area (Å²) in [5.74, 6) is 1.43. The van der Waals surface area contributed by atoms with Crippen molar-refractivity contribution in [3.63, 3.8) is 0 Å². The number of benzene rings is 2. The smallest absolute Gasteiger partial charge is 0.277 e. The molecule has 0 heterocycles. The van der Waals surface area contributed by atoms with Gasteiger partial charge in [-0.15, -0.1) is 0 Å². The van der Waals surface area contributed by atoms with Crippen molar-refractivity contribution in [2.24, 2.45) is 5.10 Å². The highest BCUT2D eigenvalue weighted by atomic mass is 16.5. The van der Waals surface area contributed by atoms with Gasteiger partial charge in [-0.3, -0.25) is 4.79 Å². The normalized spacial score (nSPS) is 10.5. The van der Waals surface area contributed by atoms with E-state index in [1.807, 2.05) is 31.2 Å². The van der Waals surface area contributed by atoms with Crippen molar-refractivity contribution in [2.75, 3.05) is 20.8 Å². The molecule has 0 aliphatic carbocycles. The highest BCUT2D eigenvalue weighted by Crippen LogP contribution is 2.29. The minimum Gasteiger partial charge on any atom is -0.493 e. The molecular formula is C18H20N2O4. The number of carbonyl (C=O) groups is 1. The lowest BCUT2D eigenvalue weighted by molar-refractivity contribution is -0.123. The van der Waals surface area contributed by atoms with Gasteiger partial charge in [0.1, 0.15) is 5.75 Å². The second-order valence-electron chi connectivity index (χ2n) is 4.98. The van der Waals surface area contributed by atoms with E-state index >= 15 is 0 Å². The van der Waals surface area contributed by atoms with E-state index in [4.69, 9.17) is 14.2 Å². The Hall–Kier alpha value is -3.02. The van der Waals surface area contributed by atoms with Crippen LogP contribution in [0.3, 0.4) is 0 Å². The summed E-state index contributed by atoms with van der Waals surface area (Å²) in [6.07, 6.45) is 1.49. The van der Waals surface area contributed by atoms with Crippen molar-refractivity contribution in [2.45, 2.75) is 6.92 Å². The number of hydrogen-bond acceptors (Lipinski definition) is 5. The molecule has 0 bridgehead atoms. The molecule has 126 valence electrons. The monoisotopic (exact) mass is 328 g/mol. The number of hydrazone groups is 1. The van der Waals surface area contributed by atoms with Crippen LogP contribution in [0.4, 0.5) is 0 Å². The molecule has 24 heavy (non-hydrogen) atoms. The van der Waals surface area contributed by atoms with Gasteiger partial charge in [0.15, 0.2) is 18.1 Å². The maximum Gasteiger partial charge on any atom is 0.277 e. The van der Waals surface area contributed by atoms with Crippen LogP contribution in [0.25, 0.3) is 0 Å². The van der Waals surface area contributed by atoms with Crippen LogP contribution in [0.2, 0.25) is 0 Å². The highest BCUT2D eigenvalue weighted by molar-refractivity contribution is 5.86. The quantitative estimate of drug-likeness (QED) is 0.626. The number of nitrogens with zero attached hydrogens (tertiary/aromatic N) is 1. The van der Waals surface area contributed by atoms with E-state index in [9.17, 15) is 4.79 Å². The predicted molar refractivity (Wildman–Crippen MR) is 92.0 cm³/mol. The predicted octanol–water partition coefficient (Wildman–Crippen LogP) is 2.54. The topological polar surface area (TPSA) is 69.2 Å². The minimum absolute atomic E-state index is 0.115. The van der Waals surface area contributed by atoms with Crippen LogP contribution < -0.4 is 19.6 Å². The van der Waals surface area contributed by atoms with E-state index < -0.39 is 0 Å². The lowest BCUT2D eigenvalue weighted by atomic mass is 10.2. The van der Waals surface area contributed by atoms with Gasteiger partial charge in [-0.2, -0.15) is 5.10 Å². The average molecular weight is 328 g/mol. The standard InChI is InChI=1S/C18H20N2O4/c1-13-6-4-8-15(10-13)24-12-17(21)20-19-11-14-7-5-9-16(22-2)18(14)23-3/h4-11H,12H2,1-3H3,(H,20,21)/b19-11-. The Morgan fingerprint density at radius 2 is 1.96 bits per heavy atom. The summed E-state index contributed by atoms with van der Waals surface area (Å²) >= 11 is 0. The van der Waals surface area contributed by atoms with Crippen LogP contribution in [0.15, 0.2) is 47.6 Å². The number of carbonyl (C=O) groups excluding carboxylic acids is 1. The number of nitrogens with one attached hydrogen (secondary N) is 1. The van der Waals surface area contributed by atoms with Gasteiger partial charge in [-0.25, -0.2) is 5.43 Å². The van der Waals surface area contributed by atoms with Gasteiger partial charge in [0.05, 0.1) is 20.4 Å². The molecule has 6 heteroatoms. The third-order valence-corrected chi connectivity index (χ3v) is 3.19. The Labute approximate surface area is 141 Å². The number of hydrogen-bond donors (Lipinski definition) is 1. The zero-order chi connectivity index (χ0) is 17.4. The highest BCUT2D eigenvalue weighted by Gasteiger charge is 2.07. The Morgan fingerprint density at radius 3 is 2.67 bits per heavy atom. The number of methoxy groups -OCH3 is 2. The molecule has 0 saturated carbocycles. The van der Waals surface area contributed by atoms with Crippen molar-refractivity contribution in [3.8, 4) is 17.2 Å². The van der Waals surface area contributed by atoms with Crippen LogP contribution in [-0.2, 0) is 4.79 Å². The number of rotatable bonds is 7. The van der Waals surface area contributed by atoms with E-state index in [-0.39, 0.29) is 12.5 Å². The first kappa shape index (κ1) is 17.3. The number of amides is 1. The summed E-state index contributed by atoms with van der Waals surface area (Å²) in [4.78, 5) is 11.8. The Morgan fingerprint density at radius 1 is 1.17 bits per heavy atom. The van der Waals surface area contributed by atoms with Crippen molar-refractivity contribution < 1.29 is 19.0 Å². The van der Waals surface area contributed by atoms with E-state index in [2.05, 4.69) is 10.5 Å². The van der Waals surface area contributed by atoms with Crippen molar-refractivity contribution in [1.82, 2.24) is 5.43 Å². The molecule has 0 spiro atoms. The minimum atomic E-state index is -0.352. The molecule has 0 atom stereocenters. The number of aryl methyl sites for hydroxylation is 1. The molecule has 0 aromatic heterocycles. The summed E-state index contributed by atoms with van der Waals surface area (Å²) in [5.41, 5.74) is 4.17. The first-order valence-electron chi connectivity index (χ1n) is 7.36. The van der Waals surface area contributed by atoms with Crippen molar-refractivity contribution >= 4 is 12.1 Å². The zero-order valence-electron chi connectivity index (χ0n) is 13.9. The third-order valence-electron chi connectivity index (χ3n) is 3.19. The Bertz CT molecular complexity index is 729. The molecule has 0 fully saturated rings. The fourth-order valence-electron chi connectivity index (χ4n) is 2.07. The van der Waals surface area contributed by atoms with Gasteiger partial charge in [0, 0.05) is 5.56 Å². The number of ether oxygens (including phenoxy) is 3. The van der Waals surface area contributed by atoms with Gasteiger partial charge in [-0.05, 0) is 36.8 Å². The van der Waals surface area contributed by atoms with Gasteiger partial charge in [0.2, 0.25) is 0 Å². The molecule has 0 unspecified atom stereocenters. The van der Waals surface area contributed by atoms with Gasteiger partial charge < -0.3 is 14.2 Å². The molecule has 1 amide bonds. The molecule has 0 aliphatic rings. The zero-order valence-corrected chi connectivity index (χ0v) is 13.9. The molecule has 2 aromatic carbocycles. The van der Waals surface area contributed by atoms with Crippen LogP contribution in [0, 0.1) is 6.92 Å². The second kappa shape index (κ2) is 8.57. The molecule has 0 radical (unpaired) electrons. The SMILES string of the molecule is COc1cccc(/C=N\NC(=O)COc2cccc(C)c2)c1OC. The maximum absolute atomic E-state index is 11.8. The van der Waals surface area contributed by atoms with Gasteiger partial charge >= 0.3 is 0 Å². The second-order valence-corrected chi connectivity index (χ2v) is 4.98. The summed E-state index contributed by atoms with van der Waals surface area (Å²) < 4.78 is 15.9. The summed E-state index contributed by atoms with van der Waals surface area (Å²) in [6, 6.07) is 12.9. The van der Waals surface area contributed by atoms with Gasteiger partial charge in [0.25, 0.3) is 5.91 Å². The summed E-state index contributed by atoms with van der Waals surface area (Å²) in [7, 11) is 3.10. The third kappa shape index (κ3) is 4.74. The van der Waals surface area contributed by atoms with Crippen molar-refractivity contribution in [3.05, 3.63) is 53.6 Å². The van der Waals surface area contributed by atoms with E-state index in [1.165, 1.54) is 6.21 Å². The summed E-state index contributed by atoms with van der Waals surface area (Å²) in [6.45, 7) is 1.84. The Kier molecular flexibility index (Phi) is 6.19. The fraction of sp³-hybridized carbons (Fsp3) is 0.222. The lowest BCUT2D eigenvalue weighted by Gasteiger charge is -2.09. The molecule has 1 N–H and O–H groups in total. The van der Waals surface area contributed by atoms with E-state index in [0.29, 0.717) is 22.8 Å². The molecule has 0 aliphatic heterocycles. The fourth-order valence-corrected chi connectivity index (χ4v) is 2.07. The van der Waals surface area contributed by atoms with E-state index in [1.54, 1.807) is 32.4 Å². The Balaban J connectivity index is 1.91. The first-order valence-corrected chi connectivity index (χ1v) is 7.36. The first-order chi connectivity index (χ1) is 11.6. The van der Waals surface area contributed by atoms with Crippen molar-refractivity contribution in [1.29, 1.82) is 0 Å². The van der Waals surface area contributed by atoms with Crippen LogP contribution in [0.1, 0.15) is 11.1 Å². The van der Waals surface area contributed by atoms with Gasteiger partial charge in [-0.1, -0.05) is 18.2 Å². The molecule has 2 aromatic rings. The van der Waals surface area contributed by atoms with Crippen LogP contribution >= 0.6 is 0 Å². The summed E-state index contributed by atoms with van der Waals surface area (Å²) in [5, 5.41) is 3.92. The molecule has 2 rings (SSSR count). The van der Waals surface area contributed by atoms with E-state index in [0.717, 1.165) is 5.56 Å². The molecule has 6 nitrogen and oxygen atoms in total. The number of para-hydroxylation sites is 1. The maximum atomic E-state index is 11.8. The largest absolute Gasteiger partial charge is 0.493 e. The lowest BCUT2D eigenvalue weighted by Crippen LogP contribution is -2.24. The molecule has 0 saturated heterocycles. The van der Waals surface area contributed by atoms with Crippen LogP contribution in [-0.4, -0.2) is 32.9 Å². The average Bonchev–Trinajstić information content (AvgIpc) is 2.59. The van der Waals surface area contributed by atoms with Crippen LogP contribution in [0.5, 0.6) is 17.2 Å².